The number of aromatic carboxylic acids is 1. The van der Waals surface area contributed by atoms with Crippen LogP contribution in [0.3, 0.4) is 0 Å². The molecule has 5 heteroatoms. The van der Waals surface area contributed by atoms with Crippen molar-refractivity contribution in [1.82, 2.24) is 9.78 Å². The Morgan fingerprint density at radius 2 is 1.81 bits per heavy atom. The van der Waals surface area contributed by atoms with Crippen LogP contribution in [0.4, 0.5) is 0 Å². The lowest BCUT2D eigenvalue weighted by atomic mass is 9.95. The molecule has 1 N–H and O–H groups in total. The van der Waals surface area contributed by atoms with E-state index in [9.17, 15) is 9.90 Å². The first-order valence-electron chi connectivity index (χ1n) is 9.09. The zero-order valence-corrected chi connectivity index (χ0v) is 15.7. The van der Waals surface area contributed by atoms with Crippen LogP contribution in [0, 0.1) is 0 Å². The molecule has 0 aliphatic rings. The highest BCUT2D eigenvalue weighted by Gasteiger charge is 2.15. The minimum absolute atomic E-state index is 0.305. The number of aryl methyl sites for hydroxylation is 1. The van der Waals surface area contributed by atoms with E-state index in [0.29, 0.717) is 18.7 Å². The fourth-order valence-electron chi connectivity index (χ4n) is 3.31. The van der Waals surface area contributed by atoms with Crippen LogP contribution in [-0.2, 0) is 24.3 Å². The summed E-state index contributed by atoms with van der Waals surface area (Å²) in [5.41, 5.74) is 5.05. The van der Waals surface area contributed by atoms with Gasteiger partial charge in [0, 0.05) is 12.8 Å². The Hall–Kier alpha value is -2.92. The Bertz CT molecular complexity index is 931. The fourth-order valence-corrected chi connectivity index (χ4v) is 3.31. The molecule has 140 valence electrons. The number of carboxylic acids is 1. The van der Waals surface area contributed by atoms with Gasteiger partial charge >= 0.3 is 5.97 Å². The molecule has 0 aliphatic heterocycles. The second kappa shape index (κ2) is 8.64. The van der Waals surface area contributed by atoms with Crippen LogP contribution in [-0.4, -0.2) is 28.0 Å². The smallest absolute Gasteiger partial charge is 0.336 e. The van der Waals surface area contributed by atoms with Gasteiger partial charge in [0.05, 0.1) is 24.4 Å². The summed E-state index contributed by atoms with van der Waals surface area (Å²) in [7, 11) is 1.66. The first-order valence-corrected chi connectivity index (χ1v) is 9.09. The van der Waals surface area contributed by atoms with Crippen molar-refractivity contribution in [2.45, 2.75) is 32.9 Å². The molecule has 27 heavy (non-hydrogen) atoms. The van der Waals surface area contributed by atoms with Crippen LogP contribution in [0.5, 0.6) is 0 Å². The molecule has 1 heterocycles. The molecule has 0 atom stereocenters. The van der Waals surface area contributed by atoms with Crippen molar-refractivity contribution in [2.75, 3.05) is 7.11 Å². The monoisotopic (exact) mass is 364 g/mol. The van der Waals surface area contributed by atoms with Crippen LogP contribution in [0.25, 0.3) is 11.1 Å². The standard InChI is InChI=1S/C22H24N2O3/c1-3-8-18-13-17(15-27-2)23-24(18)14-16-9-4-5-10-19(16)20-11-6-7-12-21(20)22(25)26/h4-7,9-13H,3,8,14-15H2,1-2H3,(H,25,26). The van der Waals surface area contributed by atoms with Crippen molar-refractivity contribution in [3.05, 3.63) is 77.1 Å². The lowest BCUT2D eigenvalue weighted by molar-refractivity contribution is 0.0697. The van der Waals surface area contributed by atoms with Gasteiger partial charge in [-0.3, -0.25) is 4.68 Å². The average Bonchev–Trinajstić information content (AvgIpc) is 3.04. The Kier molecular flexibility index (Phi) is 6.04. The molecule has 3 aromatic rings. The fraction of sp³-hybridized carbons (Fsp3) is 0.273. The molecule has 0 saturated heterocycles. The predicted octanol–water partition coefficient (Wildman–Crippen LogP) is 4.40. The third-order valence-electron chi connectivity index (χ3n) is 4.50. The number of methoxy groups -OCH3 is 1. The van der Waals surface area contributed by atoms with Gasteiger partial charge in [0.25, 0.3) is 0 Å². The van der Waals surface area contributed by atoms with Crippen molar-refractivity contribution in [3.8, 4) is 11.1 Å². The highest BCUT2D eigenvalue weighted by molar-refractivity contribution is 5.96. The van der Waals surface area contributed by atoms with E-state index in [1.54, 1.807) is 19.2 Å². The van der Waals surface area contributed by atoms with Gasteiger partial charge in [-0.15, -0.1) is 0 Å². The van der Waals surface area contributed by atoms with Crippen LogP contribution < -0.4 is 0 Å². The van der Waals surface area contributed by atoms with Crippen molar-refractivity contribution in [3.63, 3.8) is 0 Å². The normalized spacial score (nSPS) is 10.9. The Labute approximate surface area is 159 Å². The minimum Gasteiger partial charge on any atom is -0.478 e. The molecule has 3 rings (SSSR count). The first-order chi connectivity index (χ1) is 13.1. The summed E-state index contributed by atoms with van der Waals surface area (Å²) in [6.07, 6.45) is 1.96. The van der Waals surface area contributed by atoms with Crippen LogP contribution in [0.1, 0.15) is 40.7 Å². The van der Waals surface area contributed by atoms with Crippen molar-refractivity contribution in [1.29, 1.82) is 0 Å². The third-order valence-corrected chi connectivity index (χ3v) is 4.50. The van der Waals surface area contributed by atoms with Crippen LogP contribution >= 0.6 is 0 Å². The summed E-state index contributed by atoms with van der Waals surface area (Å²) >= 11 is 0. The molecule has 5 nitrogen and oxygen atoms in total. The van der Waals surface area contributed by atoms with Crippen LogP contribution in [0.15, 0.2) is 54.6 Å². The maximum Gasteiger partial charge on any atom is 0.336 e. The van der Waals surface area contributed by atoms with Crippen molar-refractivity contribution >= 4 is 5.97 Å². The van der Waals surface area contributed by atoms with E-state index < -0.39 is 5.97 Å². The van der Waals surface area contributed by atoms with E-state index in [0.717, 1.165) is 40.9 Å². The first kappa shape index (κ1) is 18.9. The zero-order valence-electron chi connectivity index (χ0n) is 15.7. The third kappa shape index (κ3) is 4.26. The molecule has 0 radical (unpaired) electrons. The highest BCUT2D eigenvalue weighted by atomic mass is 16.5. The number of carbonyl (C=O) groups is 1. The number of hydrogen-bond acceptors (Lipinski definition) is 3. The van der Waals surface area contributed by atoms with Gasteiger partial charge in [-0.05, 0) is 35.2 Å². The van der Waals surface area contributed by atoms with E-state index in [2.05, 4.69) is 18.1 Å². The number of nitrogens with zero attached hydrogens (tertiary/aromatic N) is 2. The van der Waals surface area contributed by atoms with Gasteiger partial charge in [0.15, 0.2) is 0 Å². The van der Waals surface area contributed by atoms with Crippen LogP contribution in [0.2, 0.25) is 0 Å². The highest BCUT2D eigenvalue weighted by Crippen LogP contribution is 2.28. The van der Waals surface area contributed by atoms with E-state index >= 15 is 0 Å². The molecule has 2 aromatic carbocycles. The zero-order chi connectivity index (χ0) is 19.2. The molecule has 0 aliphatic carbocycles. The van der Waals surface area contributed by atoms with Gasteiger partial charge < -0.3 is 9.84 Å². The summed E-state index contributed by atoms with van der Waals surface area (Å²) in [6, 6.07) is 17.1. The van der Waals surface area contributed by atoms with Gasteiger partial charge in [-0.25, -0.2) is 4.79 Å². The average molecular weight is 364 g/mol. The molecule has 0 bridgehead atoms. The Morgan fingerprint density at radius 1 is 1.11 bits per heavy atom. The van der Waals surface area contributed by atoms with E-state index in [1.807, 2.05) is 41.1 Å². The molecule has 0 unspecified atom stereocenters. The second-order valence-electron chi connectivity index (χ2n) is 6.48. The summed E-state index contributed by atoms with van der Waals surface area (Å²) in [5, 5.41) is 14.2. The van der Waals surface area contributed by atoms with Gasteiger partial charge in [0.2, 0.25) is 0 Å². The largest absolute Gasteiger partial charge is 0.478 e. The molecular weight excluding hydrogens is 340 g/mol. The molecule has 0 spiro atoms. The van der Waals surface area contributed by atoms with Gasteiger partial charge in [-0.2, -0.15) is 5.10 Å². The molecule has 0 fully saturated rings. The molecule has 0 amide bonds. The summed E-state index contributed by atoms with van der Waals surface area (Å²) in [5.74, 6) is -0.923. The number of rotatable bonds is 8. The topological polar surface area (TPSA) is 64.4 Å². The maximum absolute atomic E-state index is 11.6. The summed E-state index contributed by atoms with van der Waals surface area (Å²) in [4.78, 5) is 11.6. The Morgan fingerprint density at radius 3 is 2.52 bits per heavy atom. The summed E-state index contributed by atoms with van der Waals surface area (Å²) in [6.45, 7) is 3.21. The van der Waals surface area contributed by atoms with E-state index in [1.165, 1.54) is 0 Å². The number of hydrogen-bond donors (Lipinski definition) is 1. The van der Waals surface area contributed by atoms with Crippen molar-refractivity contribution in [2.24, 2.45) is 0 Å². The summed E-state index contributed by atoms with van der Waals surface area (Å²) < 4.78 is 7.22. The SMILES string of the molecule is CCCc1cc(COC)nn1Cc1ccccc1-c1ccccc1C(=O)O. The van der Waals surface area contributed by atoms with Gasteiger partial charge in [0.1, 0.15) is 0 Å². The Balaban J connectivity index is 2.02. The molecule has 0 saturated carbocycles. The maximum atomic E-state index is 11.6. The second-order valence-corrected chi connectivity index (χ2v) is 6.48. The number of carboxylic acid groups (broad SMARTS) is 1. The van der Waals surface area contributed by atoms with E-state index in [-0.39, 0.29) is 0 Å². The van der Waals surface area contributed by atoms with E-state index in [4.69, 9.17) is 4.74 Å². The number of aromatic nitrogens is 2. The minimum atomic E-state index is -0.923. The van der Waals surface area contributed by atoms with Crippen molar-refractivity contribution < 1.29 is 14.6 Å². The quantitative estimate of drug-likeness (QED) is 0.644. The predicted molar refractivity (Wildman–Crippen MR) is 105 cm³/mol. The lowest BCUT2D eigenvalue weighted by Crippen LogP contribution is -2.08. The number of benzene rings is 2. The lowest BCUT2D eigenvalue weighted by Gasteiger charge is -2.14. The van der Waals surface area contributed by atoms with Gasteiger partial charge in [-0.1, -0.05) is 55.8 Å². The molecular formula is C22H24N2O3. The number of ether oxygens (including phenoxy) is 1. The molecule has 1 aromatic heterocycles.